The zero-order valence-corrected chi connectivity index (χ0v) is 22.7. The Morgan fingerprint density at radius 3 is 2.61 bits per heavy atom. The first kappa shape index (κ1) is 27.4. The minimum absolute atomic E-state index is 0.265. The fraction of sp³-hybridized carbons (Fsp3) is 0.483. The van der Waals surface area contributed by atoms with Crippen molar-refractivity contribution in [2.45, 2.75) is 79.2 Å². The Morgan fingerprint density at radius 1 is 1.14 bits per heavy atom. The highest BCUT2D eigenvalue weighted by Crippen LogP contribution is 2.36. The molecule has 3 aromatic rings. The van der Waals surface area contributed by atoms with Gasteiger partial charge in [0.1, 0.15) is 11.3 Å². The van der Waals surface area contributed by atoms with Gasteiger partial charge in [0, 0.05) is 42.9 Å². The fourth-order valence-electron chi connectivity index (χ4n) is 4.72. The highest BCUT2D eigenvalue weighted by Gasteiger charge is 2.20. The number of benzene rings is 1. The molecule has 0 spiro atoms. The molecule has 7 nitrogen and oxygen atoms in total. The highest BCUT2D eigenvalue weighted by atomic mass is 16.5. The number of methoxy groups -OCH3 is 1. The summed E-state index contributed by atoms with van der Waals surface area (Å²) >= 11 is 0. The molecule has 0 radical (unpaired) electrons. The van der Waals surface area contributed by atoms with Gasteiger partial charge in [-0.3, -0.25) is 0 Å². The number of hydrogen-bond acceptors (Lipinski definition) is 6. The molecular formula is C29H41N5O2. The van der Waals surface area contributed by atoms with Gasteiger partial charge >= 0.3 is 0 Å². The van der Waals surface area contributed by atoms with E-state index in [1.807, 2.05) is 56.3 Å². The predicted octanol–water partition coefficient (Wildman–Crippen LogP) is 6.96. The first-order chi connectivity index (χ1) is 17.5. The van der Waals surface area contributed by atoms with E-state index in [1.54, 1.807) is 13.3 Å². The van der Waals surface area contributed by atoms with Crippen LogP contribution >= 0.6 is 0 Å². The second-order valence-electron chi connectivity index (χ2n) is 9.15. The Balaban J connectivity index is 2.04. The molecule has 0 aliphatic rings. The number of aromatic nitrogens is 3. The molecule has 0 saturated heterocycles. The number of rotatable bonds is 13. The van der Waals surface area contributed by atoms with Crippen LogP contribution in [-0.2, 0) is 0 Å². The first-order valence-electron chi connectivity index (χ1n) is 13.0. The summed E-state index contributed by atoms with van der Waals surface area (Å²) < 4.78 is 8.12. The second-order valence-corrected chi connectivity index (χ2v) is 9.15. The summed E-state index contributed by atoms with van der Waals surface area (Å²) in [6.07, 6.45) is 14.1. The van der Waals surface area contributed by atoms with E-state index in [1.165, 1.54) is 0 Å². The number of ether oxygens (including phenoxy) is 1. The molecule has 194 valence electrons. The molecule has 0 amide bonds. The van der Waals surface area contributed by atoms with E-state index in [9.17, 15) is 0 Å². The van der Waals surface area contributed by atoms with Crippen molar-refractivity contribution in [1.82, 2.24) is 14.5 Å². The van der Waals surface area contributed by atoms with E-state index in [0.717, 1.165) is 83.6 Å². The van der Waals surface area contributed by atoms with Gasteiger partial charge in [0.15, 0.2) is 5.65 Å². The Morgan fingerprint density at radius 2 is 1.94 bits per heavy atom. The minimum Gasteiger partial charge on any atom is -0.496 e. The molecule has 2 heterocycles. The predicted molar refractivity (Wildman–Crippen MR) is 150 cm³/mol. The van der Waals surface area contributed by atoms with Crippen molar-refractivity contribution in [1.29, 1.82) is 0 Å². The lowest BCUT2D eigenvalue weighted by atomic mass is 10.0. The van der Waals surface area contributed by atoms with Crippen molar-refractivity contribution in [2.24, 2.45) is 5.10 Å². The van der Waals surface area contributed by atoms with Crippen molar-refractivity contribution in [2.75, 3.05) is 18.7 Å². The maximum Gasteiger partial charge on any atom is 0.159 e. The largest absolute Gasteiger partial charge is 0.496 e. The van der Waals surface area contributed by atoms with Crippen LogP contribution < -0.4 is 9.75 Å². The van der Waals surface area contributed by atoms with Gasteiger partial charge in [-0.05, 0) is 64.7 Å². The summed E-state index contributed by atoms with van der Waals surface area (Å²) in [5.41, 5.74) is 6.53. The van der Waals surface area contributed by atoms with E-state index >= 15 is 0 Å². The quantitative estimate of drug-likeness (QED) is 0.159. The molecule has 1 unspecified atom stereocenters. The van der Waals surface area contributed by atoms with Crippen molar-refractivity contribution < 1.29 is 9.84 Å². The lowest BCUT2D eigenvalue weighted by Crippen LogP contribution is -2.10. The summed E-state index contributed by atoms with van der Waals surface area (Å²) in [5.74, 6) is 0.731. The van der Waals surface area contributed by atoms with Crippen LogP contribution in [0.25, 0.3) is 22.4 Å². The van der Waals surface area contributed by atoms with Gasteiger partial charge in [0.05, 0.1) is 24.2 Å². The number of fused-ring (bicyclic) bond motifs is 1. The molecule has 0 saturated carbocycles. The van der Waals surface area contributed by atoms with Crippen LogP contribution in [0.1, 0.15) is 76.6 Å². The second kappa shape index (κ2) is 13.2. The maximum absolute atomic E-state index is 9.13. The van der Waals surface area contributed by atoms with Crippen LogP contribution in [0.5, 0.6) is 5.75 Å². The highest BCUT2D eigenvalue weighted by molar-refractivity contribution is 5.82. The number of hydrazone groups is 1. The van der Waals surface area contributed by atoms with Gasteiger partial charge in [-0.15, -0.1) is 0 Å². The van der Waals surface area contributed by atoms with E-state index < -0.39 is 0 Å². The third-order valence-electron chi connectivity index (χ3n) is 6.45. The Kier molecular flexibility index (Phi) is 10.1. The van der Waals surface area contributed by atoms with Crippen molar-refractivity contribution >= 4 is 23.1 Å². The summed E-state index contributed by atoms with van der Waals surface area (Å²) in [5, 5.41) is 15.4. The van der Waals surface area contributed by atoms with Crippen LogP contribution in [-0.4, -0.2) is 39.6 Å². The first-order valence-corrected chi connectivity index (χ1v) is 13.0. The van der Waals surface area contributed by atoms with Gasteiger partial charge in [-0.1, -0.05) is 32.3 Å². The van der Waals surface area contributed by atoms with Gasteiger partial charge < -0.3 is 14.4 Å². The lowest BCUT2D eigenvalue weighted by molar-refractivity contribution is 0.280. The number of unbranched alkanes of at least 4 members (excludes halogenated alkanes) is 2. The van der Waals surface area contributed by atoms with E-state index in [2.05, 4.69) is 29.7 Å². The molecule has 3 rings (SSSR count). The Bertz CT molecular complexity index is 1190. The summed E-state index contributed by atoms with van der Waals surface area (Å²) in [4.78, 5) is 10.2. The third kappa shape index (κ3) is 6.13. The number of anilines is 1. The third-order valence-corrected chi connectivity index (χ3v) is 6.45. The SMILES string of the molecule is C/C=C\N(/N=C\C)c1ccc(-c2nc3c(C)cn(C(CCC)CCCCCO)c3nc2C)c(OC)c1. The van der Waals surface area contributed by atoms with Crippen LogP contribution in [0.3, 0.4) is 0 Å². The number of nitrogens with zero attached hydrogens (tertiary/aromatic N) is 5. The molecule has 1 N–H and O–H groups in total. The number of aliphatic hydroxyl groups is 1. The number of aliphatic hydroxyl groups excluding tert-OH is 1. The fourth-order valence-corrected chi connectivity index (χ4v) is 4.72. The summed E-state index contributed by atoms with van der Waals surface area (Å²) in [6, 6.07) is 6.43. The molecule has 1 atom stereocenters. The number of hydrogen-bond donors (Lipinski definition) is 1. The van der Waals surface area contributed by atoms with E-state index in [-0.39, 0.29) is 6.61 Å². The van der Waals surface area contributed by atoms with Crippen LogP contribution in [0.4, 0.5) is 5.69 Å². The molecule has 0 fully saturated rings. The van der Waals surface area contributed by atoms with Gasteiger partial charge in [-0.25, -0.2) is 15.0 Å². The van der Waals surface area contributed by atoms with Crippen LogP contribution in [0.2, 0.25) is 0 Å². The molecule has 7 heteroatoms. The Labute approximate surface area is 215 Å². The van der Waals surface area contributed by atoms with Gasteiger partial charge in [0.25, 0.3) is 0 Å². The summed E-state index contributed by atoms with van der Waals surface area (Å²) in [7, 11) is 1.68. The Hall–Kier alpha value is -3.19. The van der Waals surface area contributed by atoms with Crippen LogP contribution in [0.15, 0.2) is 41.8 Å². The average molecular weight is 492 g/mol. The number of aryl methyl sites for hydroxylation is 2. The van der Waals surface area contributed by atoms with Crippen LogP contribution in [0, 0.1) is 13.8 Å². The molecule has 36 heavy (non-hydrogen) atoms. The molecule has 0 bridgehead atoms. The number of allylic oxidation sites excluding steroid dienone is 1. The van der Waals surface area contributed by atoms with Gasteiger partial charge in [-0.2, -0.15) is 5.10 Å². The zero-order chi connectivity index (χ0) is 26.1. The zero-order valence-electron chi connectivity index (χ0n) is 22.7. The van der Waals surface area contributed by atoms with Gasteiger partial charge in [0.2, 0.25) is 0 Å². The topological polar surface area (TPSA) is 75.8 Å². The average Bonchev–Trinajstić information content (AvgIpc) is 3.19. The molecule has 0 aliphatic heterocycles. The van der Waals surface area contributed by atoms with Crippen molar-refractivity contribution in [3.8, 4) is 17.0 Å². The monoisotopic (exact) mass is 491 g/mol. The molecule has 2 aromatic heterocycles. The molecule has 0 aliphatic carbocycles. The molecular weight excluding hydrogens is 450 g/mol. The normalized spacial score (nSPS) is 12.8. The summed E-state index contributed by atoms with van der Waals surface area (Å²) in [6.45, 7) is 10.5. The van der Waals surface area contributed by atoms with Crippen molar-refractivity contribution in [3.05, 3.63) is 47.9 Å². The minimum atomic E-state index is 0.265. The smallest absolute Gasteiger partial charge is 0.159 e. The standard InChI is InChI=1S/C29H41N5O2/c1-7-13-23(14-11-10-12-18-35)33-20-21(4)27-29(33)31-22(5)28(32-27)25-16-15-24(19-26(25)36-6)34(17-8-2)30-9-3/h8-9,15-17,19-20,23,35H,7,10-14,18H2,1-6H3/b17-8-,30-9-. The lowest BCUT2D eigenvalue weighted by Gasteiger charge is -2.20. The maximum atomic E-state index is 9.13. The van der Waals surface area contributed by atoms with Crippen molar-refractivity contribution in [3.63, 3.8) is 0 Å². The molecule has 1 aromatic carbocycles. The van der Waals surface area contributed by atoms with E-state index in [0.29, 0.717) is 6.04 Å². The van der Waals surface area contributed by atoms with E-state index in [4.69, 9.17) is 19.8 Å².